The normalized spacial score (nSPS) is 24.8. The molecule has 1 aliphatic heterocycles. The fourth-order valence-electron chi connectivity index (χ4n) is 2.04. The Morgan fingerprint density at radius 1 is 1.38 bits per heavy atom. The molecule has 86 valence electrons. The minimum atomic E-state index is -0.977. The van der Waals surface area contributed by atoms with Gasteiger partial charge >= 0.3 is 5.97 Å². The van der Waals surface area contributed by atoms with Crippen LogP contribution in [0.2, 0.25) is 0 Å². The third kappa shape index (κ3) is 2.01. The van der Waals surface area contributed by atoms with Crippen LogP contribution in [0.25, 0.3) is 0 Å². The van der Waals surface area contributed by atoms with Crippen molar-refractivity contribution in [3.8, 4) is 0 Å². The summed E-state index contributed by atoms with van der Waals surface area (Å²) in [5.74, 6) is 0.382. The fourth-order valence-corrected chi connectivity index (χ4v) is 2.04. The molecule has 0 bridgehead atoms. The molecule has 16 heavy (non-hydrogen) atoms. The number of nitrogens with zero attached hydrogens (tertiary/aromatic N) is 2. The molecule has 4 heteroatoms. The lowest BCUT2D eigenvalue weighted by Gasteiger charge is -2.17. The SMILES string of the molecule is CC1CN(c2ccc(C(=O)O)nc2)CC1C. The molecule has 2 atom stereocenters. The summed E-state index contributed by atoms with van der Waals surface area (Å²) in [7, 11) is 0. The molecule has 0 aliphatic carbocycles. The molecule has 1 aliphatic rings. The molecule has 2 unspecified atom stereocenters. The molecule has 1 saturated heterocycles. The van der Waals surface area contributed by atoms with E-state index in [-0.39, 0.29) is 5.69 Å². The van der Waals surface area contributed by atoms with Gasteiger partial charge in [-0.2, -0.15) is 0 Å². The highest BCUT2D eigenvalue weighted by atomic mass is 16.4. The second kappa shape index (κ2) is 4.12. The van der Waals surface area contributed by atoms with Crippen molar-refractivity contribution in [2.24, 2.45) is 11.8 Å². The molecule has 2 rings (SSSR count). The number of hydrogen-bond acceptors (Lipinski definition) is 3. The Bertz CT molecular complexity index is 379. The quantitative estimate of drug-likeness (QED) is 0.826. The van der Waals surface area contributed by atoms with E-state index in [2.05, 4.69) is 23.7 Å². The Morgan fingerprint density at radius 3 is 2.44 bits per heavy atom. The first-order chi connectivity index (χ1) is 7.58. The molecule has 1 N–H and O–H groups in total. The summed E-state index contributed by atoms with van der Waals surface area (Å²) in [4.78, 5) is 16.9. The maximum Gasteiger partial charge on any atom is 0.354 e. The molecule has 4 nitrogen and oxygen atoms in total. The first-order valence-electron chi connectivity index (χ1n) is 5.52. The Labute approximate surface area is 94.9 Å². The minimum Gasteiger partial charge on any atom is -0.477 e. The van der Waals surface area contributed by atoms with Crippen LogP contribution in [-0.2, 0) is 0 Å². The lowest BCUT2D eigenvalue weighted by molar-refractivity contribution is 0.0690. The highest BCUT2D eigenvalue weighted by Crippen LogP contribution is 2.27. The van der Waals surface area contributed by atoms with Crippen molar-refractivity contribution >= 4 is 11.7 Å². The largest absolute Gasteiger partial charge is 0.477 e. The van der Waals surface area contributed by atoms with Crippen LogP contribution < -0.4 is 4.90 Å². The number of anilines is 1. The van der Waals surface area contributed by atoms with Gasteiger partial charge in [-0.05, 0) is 24.0 Å². The third-order valence-corrected chi connectivity index (χ3v) is 3.32. The minimum absolute atomic E-state index is 0.101. The Kier molecular flexibility index (Phi) is 2.81. The number of carboxylic acids is 1. The highest BCUT2D eigenvalue weighted by Gasteiger charge is 2.26. The van der Waals surface area contributed by atoms with E-state index in [4.69, 9.17) is 5.11 Å². The highest BCUT2D eigenvalue weighted by molar-refractivity contribution is 5.85. The van der Waals surface area contributed by atoms with Gasteiger partial charge in [0.2, 0.25) is 0 Å². The van der Waals surface area contributed by atoms with Crippen molar-refractivity contribution in [2.45, 2.75) is 13.8 Å². The Morgan fingerprint density at radius 2 is 2.00 bits per heavy atom. The van der Waals surface area contributed by atoms with Gasteiger partial charge in [0.15, 0.2) is 0 Å². The zero-order valence-corrected chi connectivity index (χ0v) is 9.55. The first-order valence-corrected chi connectivity index (χ1v) is 5.52. The van der Waals surface area contributed by atoms with Crippen molar-refractivity contribution in [1.29, 1.82) is 0 Å². The van der Waals surface area contributed by atoms with Gasteiger partial charge in [0, 0.05) is 13.1 Å². The van der Waals surface area contributed by atoms with Crippen LogP contribution in [0.5, 0.6) is 0 Å². The zero-order chi connectivity index (χ0) is 11.7. The lowest BCUT2D eigenvalue weighted by atomic mass is 10.0. The van der Waals surface area contributed by atoms with Gasteiger partial charge in [0.1, 0.15) is 5.69 Å². The van der Waals surface area contributed by atoms with E-state index < -0.39 is 5.97 Å². The van der Waals surface area contributed by atoms with Crippen LogP contribution in [0.15, 0.2) is 18.3 Å². The van der Waals surface area contributed by atoms with E-state index in [1.165, 1.54) is 0 Å². The molecule has 1 aromatic rings. The van der Waals surface area contributed by atoms with Gasteiger partial charge in [0.25, 0.3) is 0 Å². The van der Waals surface area contributed by atoms with Crippen molar-refractivity contribution in [2.75, 3.05) is 18.0 Å². The maximum atomic E-state index is 10.7. The first kappa shape index (κ1) is 10.9. The maximum absolute atomic E-state index is 10.7. The molecule has 0 amide bonds. The fraction of sp³-hybridized carbons (Fsp3) is 0.500. The molecule has 0 radical (unpaired) electrons. The lowest BCUT2D eigenvalue weighted by Crippen LogP contribution is -2.19. The van der Waals surface area contributed by atoms with E-state index >= 15 is 0 Å². The molecule has 1 fully saturated rings. The van der Waals surface area contributed by atoms with Gasteiger partial charge in [-0.15, -0.1) is 0 Å². The van der Waals surface area contributed by atoms with E-state index in [0.29, 0.717) is 11.8 Å². The van der Waals surface area contributed by atoms with E-state index in [1.54, 1.807) is 12.3 Å². The smallest absolute Gasteiger partial charge is 0.354 e. The predicted octanol–water partition coefficient (Wildman–Crippen LogP) is 1.87. The van der Waals surface area contributed by atoms with E-state index in [9.17, 15) is 4.79 Å². The molecule has 0 aromatic carbocycles. The van der Waals surface area contributed by atoms with Gasteiger partial charge in [-0.1, -0.05) is 13.8 Å². The standard InChI is InChI=1S/C12H16N2O2/c1-8-6-14(7-9(8)2)10-3-4-11(12(15)16)13-5-10/h3-5,8-9H,6-7H2,1-2H3,(H,15,16). The van der Waals surface area contributed by atoms with E-state index in [1.807, 2.05) is 6.07 Å². The predicted molar refractivity (Wildman–Crippen MR) is 61.7 cm³/mol. The molecular formula is C12H16N2O2. The third-order valence-electron chi connectivity index (χ3n) is 3.32. The molecule has 0 spiro atoms. The number of aromatic carboxylic acids is 1. The summed E-state index contributed by atoms with van der Waals surface area (Å²) in [5, 5.41) is 8.75. The topological polar surface area (TPSA) is 53.4 Å². The van der Waals surface area contributed by atoms with Crippen molar-refractivity contribution < 1.29 is 9.90 Å². The van der Waals surface area contributed by atoms with Crippen molar-refractivity contribution in [3.63, 3.8) is 0 Å². The summed E-state index contributed by atoms with van der Waals surface area (Å²) < 4.78 is 0. The van der Waals surface area contributed by atoms with Crippen LogP contribution >= 0.6 is 0 Å². The Balaban J connectivity index is 2.14. The average Bonchev–Trinajstić information content (AvgIpc) is 2.59. The van der Waals surface area contributed by atoms with Crippen LogP contribution in [0.3, 0.4) is 0 Å². The second-order valence-electron chi connectivity index (χ2n) is 4.57. The summed E-state index contributed by atoms with van der Waals surface area (Å²) in [6.45, 7) is 6.53. The number of carboxylic acid groups (broad SMARTS) is 1. The number of hydrogen-bond donors (Lipinski definition) is 1. The van der Waals surface area contributed by atoms with Gasteiger partial charge < -0.3 is 10.0 Å². The Hall–Kier alpha value is -1.58. The van der Waals surface area contributed by atoms with Crippen LogP contribution in [0, 0.1) is 11.8 Å². The van der Waals surface area contributed by atoms with Crippen molar-refractivity contribution in [1.82, 2.24) is 4.98 Å². The summed E-state index contributed by atoms with van der Waals surface area (Å²) in [5.41, 5.74) is 1.12. The van der Waals surface area contributed by atoms with Crippen LogP contribution in [0.1, 0.15) is 24.3 Å². The van der Waals surface area contributed by atoms with Crippen LogP contribution in [-0.4, -0.2) is 29.1 Å². The molecule has 2 heterocycles. The summed E-state index contributed by atoms with van der Waals surface area (Å²) >= 11 is 0. The average molecular weight is 220 g/mol. The van der Waals surface area contributed by atoms with E-state index in [0.717, 1.165) is 18.8 Å². The number of carbonyl (C=O) groups is 1. The second-order valence-corrected chi connectivity index (χ2v) is 4.57. The van der Waals surface area contributed by atoms with Gasteiger partial charge in [-0.25, -0.2) is 9.78 Å². The molecular weight excluding hydrogens is 204 g/mol. The number of aromatic nitrogens is 1. The van der Waals surface area contributed by atoms with Gasteiger partial charge in [-0.3, -0.25) is 0 Å². The number of pyridine rings is 1. The summed E-state index contributed by atoms with van der Waals surface area (Å²) in [6, 6.07) is 3.40. The zero-order valence-electron chi connectivity index (χ0n) is 9.55. The number of rotatable bonds is 2. The summed E-state index contributed by atoms with van der Waals surface area (Å²) in [6.07, 6.45) is 1.65. The molecule has 0 saturated carbocycles. The van der Waals surface area contributed by atoms with Crippen molar-refractivity contribution in [3.05, 3.63) is 24.0 Å². The monoisotopic (exact) mass is 220 g/mol. The molecule has 1 aromatic heterocycles. The van der Waals surface area contributed by atoms with Gasteiger partial charge in [0.05, 0.1) is 11.9 Å². The van der Waals surface area contributed by atoms with Crippen LogP contribution in [0.4, 0.5) is 5.69 Å².